The molecule has 346 valence electrons. The minimum absolute atomic E-state index is 0.215. The highest BCUT2D eigenvalue weighted by Crippen LogP contribution is 2.36. The van der Waals surface area contributed by atoms with Gasteiger partial charge in [0.25, 0.3) is 0 Å². The Morgan fingerprint density at radius 1 is 0.364 bits per heavy atom. The molecule has 2 fully saturated rings. The number of benzene rings is 6. The summed E-state index contributed by atoms with van der Waals surface area (Å²) in [4.78, 5) is 0. The smallest absolute Gasteiger partial charge is 0.186 e. The third-order valence-electron chi connectivity index (χ3n) is 12.1. The molecule has 66 heavy (non-hydrogen) atoms. The topological polar surface area (TPSA) is 103 Å². The second-order valence-electron chi connectivity index (χ2n) is 16.9. The molecular formula is C56H62O10. The maximum Gasteiger partial charge on any atom is 0.186 e. The Bertz CT molecular complexity index is 2220. The molecular weight excluding hydrogens is 833 g/mol. The fraction of sp³-hybridized carbons (Fsp3) is 0.357. The lowest BCUT2D eigenvalue weighted by Gasteiger charge is -2.47. The molecule has 0 bridgehead atoms. The summed E-state index contributed by atoms with van der Waals surface area (Å²) in [5, 5.41) is 12.4. The van der Waals surface area contributed by atoms with Gasteiger partial charge in [0, 0.05) is 7.11 Å². The normalized spacial score (nSPS) is 25.4. The number of aliphatic hydroxyl groups excluding tert-OH is 1. The van der Waals surface area contributed by atoms with Crippen LogP contribution < -0.4 is 0 Å². The molecule has 0 amide bonds. The molecule has 10 heteroatoms. The SMILES string of the molecule is CO[C@H]1O[C@H](CC[C@@H]2O[C@H](COCc3ccccc3)[C@@H](OCc3ccccc3)[C@H](OCc3ccccc3)[C@H]2O)[C@@H](OCc2ccccc2)[C@H](OCc2ccccc2)[C@H]1OCc1ccccc1. The van der Waals surface area contributed by atoms with Crippen molar-refractivity contribution in [3.05, 3.63) is 215 Å². The fourth-order valence-electron chi connectivity index (χ4n) is 8.67. The first kappa shape index (κ1) is 47.4. The molecule has 0 aliphatic carbocycles. The Morgan fingerprint density at radius 2 is 0.697 bits per heavy atom. The summed E-state index contributed by atoms with van der Waals surface area (Å²) in [6, 6.07) is 60.1. The number of hydrogen-bond acceptors (Lipinski definition) is 10. The molecule has 0 saturated carbocycles. The highest BCUT2D eigenvalue weighted by atomic mass is 16.7. The van der Waals surface area contributed by atoms with E-state index in [1.807, 2.05) is 182 Å². The van der Waals surface area contributed by atoms with Crippen molar-refractivity contribution in [2.75, 3.05) is 13.7 Å². The largest absolute Gasteiger partial charge is 0.388 e. The van der Waals surface area contributed by atoms with Gasteiger partial charge < -0.3 is 47.7 Å². The lowest BCUT2D eigenvalue weighted by atomic mass is 9.89. The highest BCUT2D eigenvalue weighted by Gasteiger charge is 2.51. The summed E-state index contributed by atoms with van der Waals surface area (Å²) >= 11 is 0. The van der Waals surface area contributed by atoms with Crippen molar-refractivity contribution in [1.29, 1.82) is 0 Å². The quantitative estimate of drug-likeness (QED) is 0.0670. The Hall–Kier alpha value is -5.08. The van der Waals surface area contributed by atoms with Crippen LogP contribution in [0.15, 0.2) is 182 Å². The van der Waals surface area contributed by atoms with Gasteiger partial charge in [0.2, 0.25) is 0 Å². The summed E-state index contributed by atoms with van der Waals surface area (Å²) in [5.74, 6) is 0. The van der Waals surface area contributed by atoms with Gasteiger partial charge in [-0.2, -0.15) is 0 Å². The number of rotatable bonds is 23. The van der Waals surface area contributed by atoms with Gasteiger partial charge in [-0.15, -0.1) is 0 Å². The highest BCUT2D eigenvalue weighted by molar-refractivity contribution is 5.18. The van der Waals surface area contributed by atoms with Crippen molar-refractivity contribution < 1.29 is 47.7 Å². The molecule has 0 spiro atoms. The van der Waals surface area contributed by atoms with E-state index < -0.39 is 61.2 Å². The van der Waals surface area contributed by atoms with E-state index in [1.54, 1.807) is 7.11 Å². The average molecular weight is 895 g/mol. The molecule has 2 saturated heterocycles. The first-order chi connectivity index (χ1) is 32.6. The van der Waals surface area contributed by atoms with Gasteiger partial charge in [0.05, 0.1) is 58.5 Å². The molecule has 10 atom stereocenters. The van der Waals surface area contributed by atoms with Crippen molar-refractivity contribution in [2.24, 2.45) is 0 Å². The van der Waals surface area contributed by atoms with E-state index in [2.05, 4.69) is 0 Å². The van der Waals surface area contributed by atoms with Gasteiger partial charge in [-0.1, -0.05) is 182 Å². The standard InChI is InChI=1S/C56H62O10/c1-58-56-55(64-39-46-30-18-7-19-31-46)54(63-38-45-28-16-6-17-29-45)51(60-35-42-22-10-3-11-23-42)48(66-56)33-32-47-50(57)53(62-37-44-26-14-5-15-27-44)52(61-36-43-24-12-4-13-25-43)49(65-47)40-59-34-41-20-8-2-9-21-41/h2-31,47-57H,32-40H2,1H3/t47-,48+,49+,50-,51+,52+,53+,54-,55+,56-/m0/s1. The van der Waals surface area contributed by atoms with Gasteiger partial charge >= 0.3 is 0 Å². The predicted octanol–water partition coefficient (Wildman–Crippen LogP) is 9.41. The lowest BCUT2D eigenvalue weighted by Crippen LogP contribution is -2.62. The van der Waals surface area contributed by atoms with Crippen LogP contribution in [0.1, 0.15) is 46.2 Å². The van der Waals surface area contributed by atoms with Crippen molar-refractivity contribution in [3.8, 4) is 0 Å². The van der Waals surface area contributed by atoms with Crippen LogP contribution >= 0.6 is 0 Å². The zero-order valence-electron chi connectivity index (χ0n) is 37.6. The van der Waals surface area contributed by atoms with Crippen LogP contribution in [0.5, 0.6) is 0 Å². The molecule has 0 radical (unpaired) electrons. The van der Waals surface area contributed by atoms with Crippen LogP contribution in [0.3, 0.4) is 0 Å². The van der Waals surface area contributed by atoms with Gasteiger partial charge in [0.1, 0.15) is 42.7 Å². The Balaban J connectivity index is 1.07. The molecule has 0 aromatic heterocycles. The van der Waals surface area contributed by atoms with Crippen LogP contribution in [-0.4, -0.2) is 80.0 Å². The number of aliphatic hydroxyl groups is 1. The first-order valence-electron chi connectivity index (χ1n) is 23.0. The molecule has 0 unspecified atom stereocenters. The Labute approximate surface area is 389 Å². The maximum absolute atomic E-state index is 12.4. The first-order valence-corrected chi connectivity index (χ1v) is 23.0. The minimum atomic E-state index is -1.06. The van der Waals surface area contributed by atoms with Gasteiger partial charge in [-0.3, -0.25) is 0 Å². The molecule has 2 aliphatic heterocycles. The van der Waals surface area contributed by atoms with Crippen molar-refractivity contribution in [1.82, 2.24) is 0 Å². The number of methoxy groups -OCH3 is 1. The lowest BCUT2D eigenvalue weighted by molar-refractivity contribution is -0.320. The van der Waals surface area contributed by atoms with E-state index in [9.17, 15) is 5.11 Å². The summed E-state index contributed by atoms with van der Waals surface area (Å²) in [6.07, 6.45) is -6.07. The maximum atomic E-state index is 12.4. The second kappa shape index (κ2) is 25.2. The number of hydrogen-bond donors (Lipinski definition) is 1. The molecule has 6 aromatic carbocycles. The van der Waals surface area contributed by atoms with Crippen LogP contribution in [-0.2, 0) is 82.3 Å². The van der Waals surface area contributed by atoms with E-state index in [1.165, 1.54) is 0 Å². The predicted molar refractivity (Wildman–Crippen MR) is 251 cm³/mol. The van der Waals surface area contributed by atoms with E-state index in [4.69, 9.17) is 42.6 Å². The zero-order chi connectivity index (χ0) is 45.2. The van der Waals surface area contributed by atoms with Gasteiger partial charge in [-0.05, 0) is 46.2 Å². The van der Waals surface area contributed by atoms with E-state index >= 15 is 0 Å². The fourth-order valence-corrected chi connectivity index (χ4v) is 8.67. The van der Waals surface area contributed by atoms with Crippen molar-refractivity contribution >= 4 is 0 Å². The van der Waals surface area contributed by atoms with Crippen molar-refractivity contribution in [2.45, 2.75) is 114 Å². The monoisotopic (exact) mass is 894 g/mol. The van der Waals surface area contributed by atoms with Crippen LogP contribution in [0.4, 0.5) is 0 Å². The molecule has 1 N–H and O–H groups in total. The molecule has 10 nitrogen and oxygen atoms in total. The van der Waals surface area contributed by atoms with E-state index in [0.717, 1.165) is 33.4 Å². The molecule has 6 aromatic rings. The van der Waals surface area contributed by atoms with Crippen molar-refractivity contribution in [3.63, 3.8) is 0 Å². The summed E-state index contributed by atoms with van der Waals surface area (Å²) in [7, 11) is 1.62. The third-order valence-corrected chi connectivity index (χ3v) is 12.1. The van der Waals surface area contributed by atoms with Crippen LogP contribution in [0, 0.1) is 0 Å². The Kier molecular flexibility index (Phi) is 18.1. The molecule has 2 heterocycles. The van der Waals surface area contributed by atoms with Crippen LogP contribution in [0.2, 0.25) is 0 Å². The molecule has 2 aliphatic rings. The Morgan fingerprint density at radius 3 is 1.11 bits per heavy atom. The molecule has 8 rings (SSSR count). The van der Waals surface area contributed by atoms with E-state index in [0.29, 0.717) is 45.9 Å². The van der Waals surface area contributed by atoms with Gasteiger partial charge in [0.15, 0.2) is 6.29 Å². The summed E-state index contributed by atoms with van der Waals surface area (Å²) in [6.45, 7) is 2.15. The van der Waals surface area contributed by atoms with Crippen LogP contribution in [0.25, 0.3) is 0 Å². The summed E-state index contributed by atoms with van der Waals surface area (Å²) in [5.41, 5.74) is 6.07. The third kappa shape index (κ3) is 13.5. The minimum Gasteiger partial charge on any atom is -0.388 e. The van der Waals surface area contributed by atoms with Gasteiger partial charge in [-0.25, -0.2) is 0 Å². The summed E-state index contributed by atoms with van der Waals surface area (Å²) < 4.78 is 60.0. The number of ether oxygens (including phenoxy) is 9. The second-order valence-corrected chi connectivity index (χ2v) is 16.9. The zero-order valence-corrected chi connectivity index (χ0v) is 37.6. The average Bonchev–Trinajstić information content (AvgIpc) is 3.37. The van der Waals surface area contributed by atoms with E-state index in [-0.39, 0.29) is 13.2 Å².